The van der Waals surface area contributed by atoms with E-state index < -0.39 is 11.9 Å². The van der Waals surface area contributed by atoms with Gasteiger partial charge in [-0.05, 0) is 63.1 Å². The van der Waals surface area contributed by atoms with Gasteiger partial charge in [0.2, 0.25) is 0 Å². The van der Waals surface area contributed by atoms with Gasteiger partial charge in [-0.1, -0.05) is 25.3 Å². The summed E-state index contributed by atoms with van der Waals surface area (Å²) in [5.41, 5.74) is 2.09. The minimum absolute atomic E-state index is 0.205. The van der Waals surface area contributed by atoms with Gasteiger partial charge in [0.1, 0.15) is 25.6 Å². The molecule has 0 bridgehead atoms. The molecule has 1 aliphatic carbocycles. The standard InChI is InChI=1S/C28H40O8/c1-21(2)27(29)35-19-15-31-13-17-33-25-9-5-23(6-10-25)24-7-11-26(12-8-24)34-18-14-32-16-20-36-28(30)22(3)4/h5-6,9-10,24,26H,1,3,7-8,11-20H2,2,4H3. The second-order valence-corrected chi connectivity index (χ2v) is 8.82. The molecule has 8 heteroatoms. The molecule has 36 heavy (non-hydrogen) atoms. The third kappa shape index (κ3) is 11.8. The summed E-state index contributed by atoms with van der Waals surface area (Å²) in [6.45, 7) is 13.3. The first-order chi connectivity index (χ1) is 17.4. The number of carbonyl (C=O) groups is 2. The number of esters is 2. The molecule has 0 N–H and O–H groups in total. The van der Waals surface area contributed by atoms with Crippen LogP contribution in [0.2, 0.25) is 0 Å². The molecule has 2 rings (SSSR count). The van der Waals surface area contributed by atoms with Gasteiger partial charge in [-0.2, -0.15) is 0 Å². The predicted molar refractivity (Wildman–Crippen MR) is 136 cm³/mol. The van der Waals surface area contributed by atoms with E-state index in [0.29, 0.717) is 56.7 Å². The van der Waals surface area contributed by atoms with Crippen LogP contribution in [-0.4, -0.2) is 70.9 Å². The van der Waals surface area contributed by atoms with Crippen molar-refractivity contribution >= 4 is 11.9 Å². The highest BCUT2D eigenvalue weighted by Crippen LogP contribution is 2.34. The Morgan fingerprint density at radius 2 is 1.22 bits per heavy atom. The molecule has 8 nitrogen and oxygen atoms in total. The molecular formula is C28H40O8. The molecule has 0 amide bonds. The van der Waals surface area contributed by atoms with Crippen LogP contribution >= 0.6 is 0 Å². The second-order valence-electron chi connectivity index (χ2n) is 8.82. The first kappa shape index (κ1) is 29.5. The molecule has 0 aromatic heterocycles. The van der Waals surface area contributed by atoms with E-state index in [-0.39, 0.29) is 19.3 Å². The Balaban J connectivity index is 1.51. The summed E-state index contributed by atoms with van der Waals surface area (Å²) >= 11 is 0. The summed E-state index contributed by atoms with van der Waals surface area (Å²) < 4.78 is 32.5. The van der Waals surface area contributed by atoms with Gasteiger partial charge in [0, 0.05) is 11.1 Å². The van der Waals surface area contributed by atoms with Gasteiger partial charge in [0.05, 0.1) is 39.1 Å². The average molecular weight is 505 g/mol. The summed E-state index contributed by atoms with van der Waals surface area (Å²) in [4.78, 5) is 22.5. The molecule has 0 atom stereocenters. The van der Waals surface area contributed by atoms with Crippen molar-refractivity contribution in [3.63, 3.8) is 0 Å². The second kappa shape index (κ2) is 16.9. The Bertz CT molecular complexity index is 824. The van der Waals surface area contributed by atoms with Crippen LogP contribution in [0, 0.1) is 0 Å². The van der Waals surface area contributed by atoms with E-state index in [1.807, 2.05) is 12.1 Å². The Morgan fingerprint density at radius 1 is 0.722 bits per heavy atom. The molecule has 1 fully saturated rings. The number of carbonyl (C=O) groups excluding carboxylic acids is 2. The fourth-order valence-corrected chi connectivity index (χ4v) is 3.73. The molecule has 1 aromatic carbocycles. The van der Waals surface area contributed by atoms with Crippen LogP contribution in [0.4, 0.5) is 0 Å². The molecule has 0 saturated heterocycles. The first-order valence-electron chi connectivity index (χ1n) is 12.5. The summed E-state index contributed by atoms with van der Waals surface area (Å²) in [6, 6.07) is 8.26. The minimum atomic E-state index is -0.405. The molecule has 0 spiro atoms. The molecule has 0 unspecified atom stereocenters. The van der Waals surface area contributed by atoms with Crippen LogP contribution in [0.5, 0.6) is 5.75 Å². The molecule has 200 valence electrons. The third-order valence-corrected chi connectivity index (χ3v) is 5.72. The molecular weight excluding hydrogens is 464 g/mol. The fraction of sp³-hybridized carbons (Fsp3) is 0.571. The molecule has 1 aliphatic rings. The Kier molecular flexibility index (Phi) is 13.9. The van der Waals surface area contributed by atoms with Crippen molar-refractivity contribution in [3.05, 3.63) is 54.1 Å². The number of ether oxygens (including phenoxy) is 6. The largest absolute Gasteiger partial charge is 0.491 e. The van der Waals surface area contributed by atoms with E-state index in [9.17, 15) is 9.59 Å². The van der Waals surface area contributed by atoms with Crippen molar-refractivity contribution in [1.82, 2.24) is 0 Å². The average Bonchev–Trinajstić information content (AvgIpc) is 2.88. The Labute approximate surface area is 214 Å². The van der Waals surface area contributed by atoms with Gasteiger partial charge in [0.15, 0.2) is 0 Å². The van der Waals surface area contributed by atoms with Crippen molar-refractivity contribution in [2.24, 2.45) is 0 Å². The summed E-state index contributed by atoms with van der Waals surface area (Å²) in [5, 5.41) is 0. The number of hydrogen-bond acceptors (Lipinski definition) is 8. The van der Waals surface area contributed by atoms with Gasteiger partial charge in [0.25, 0.3) is 0 Å². The van der Waals surface area contributed by atoms with Gasteiger partial charge in [-0.25, -0.2) is 9.59 Å². The summed E-state index contributed by atoms with van der Waals surface area (Å²) in [6.07, 6.45) is 4.49. The number of hydrogen-bond donors (Lipinski definition) is 0. The summed E-state index contributed by atoms with van der Waals surface area (Å²) in [7, 11) is 0. The molecule has 1 saturated carbocycles. The van der Waals surface area contributed by atoms with Crippen LogP contribution in [0.3, 0.4) is 0 Å². The quantitative estimate of drug-likeness (QED) is 0.175. The zero-order valence-electron chi connectivity index (χ0n) is 21.6. The van der Waals surface area contributed by atoms with Crippen molar-refractivity contribution in [2.45, 2.75) is 51.6 Å². The van der Waals surface area contributed by atoms with E-state index in [4.69, 9.17) is 28.4 Å². The summed E-state index contributed by atoms with van der Waals surface area (Å²) in [5.74, 6) is 0.541. The lowest BCUT2D eigenvalue weighted by Crippen LogP contribution is -2.23. The monoisotopic (exact) mass is 504 g/mol. The maximum Gasteiger partial charge on any atom is 0.333 e. The smallest absolute Gasteiger partial charge is 0.333 e. The zero-order chi connectivity index (χ0) is 26.2. The van der Waals surface area contributed by atoms with E-state index in [1.54, 1.807) is 13.8 Å². The van der Waals surface area contributed by atoms with Gasteiger partial charge in [-0.3, -0.25) is 0 Å². The van der Waals surface area contributed by atoms with Crippen molar-refractivity contribution in [3.8, 4) is 5.75 Å². The SMILES string of the molecule is C=C(C)C(=O)OCCOCCOc1ccc(C2CCC(OCCOCCOC(=O)C(=C)C)CC2)cc1. The molecule has 0 heterocycles. The van der Waals surface area contributed by atoms with Crippen molar-refractivity contribution in [2.75, 3.05) is 52.9 Å². The normalized spacial score (nSPS) is 17.3. The van der Waals surface area contributed by atoms with E-state index >= 15 is 0 Å². The van der Waals surface area contributed by atoms with Crippen molar-refractivity contribution in [1.29, 1.82) is 0 Å². The van der Waals surface area contributed by atoms with Crippen LogP contribution < -0.4 is 4.74 Å². The van der Waals surface area contributed by atoms with Gasteiger partial charge < -0.3 is 28.4 Å². The lowest BCUT2D eigenvalue weighted by Gasteiger charge is -2.29. The van der Waals surface area contributed by atoms with Gasteiger partial charge in [-0.15, -0.1) is 0 Å². The predicted octanol–water partition coefficient (Wildman–Crippen LogP) is 4.38. The Morgan fingerprint density at radius 3 is 1.75 bits per heavy atom. The molecule has 1 aromatic rings. The highest BCUT2D eigenvalue weighted by atomic mass is 16.6. The maximum absolute atomic E-state index is 11.3. The van der Waals surface area contributed by atoms with Crippen LogP contribution in [0.1, 0.15) is 51.0 Å². The molecule has 0 radical (unpaired) electrons. The highest BCUT2D eigenvalue weighted by molar-refractivity contribution is 5.87. The van der Waals surface area contributed by atoms with Crippen LogP contribution in [0.25, 0.3) is 0 Å². The Hall–Kier alpha value is -2.68. The molecule has 0 aliphatic heterocycles. The van der Waals surface area contributed by atoms with E-state index in [0.717, 1.165) is 31.4 Å². The topological polar surface area (TPSA) is 89.5 Å². The van der Waals surface area contributed by atoms with Crippen LogP contribution in [0.15, 0.2) is 48.6 Å². The lowest BCUT2D eigenvalue weighted by molar-refractivity contribution is -0.141. The van der Waals surface area contributed by atoms with Crippen molar-refractivity contribution < 1.29 is 38.0 Å². The van der Waals surface area contributed by atoms with Gasteiger partial charge >= 0.3 is 11.9 Å². The lowest BCUT2D eigenvalue weighted by atomic mass is 9.83. The number of rotatable bonds is 17. The first-order valence-corrected chi connectivity index (χ1v) is 12.5. The number of benzene rings is 1. The van der Waals surface area contributed by atoms with Crippen LogP contribution in [-0.2, 0) is 33.3 Å². The highest BCUT2D eigenvalue weighted by Gasteiger charge is 2.22. The maximum atomic E-state index is 11.3. The fourth-order valence-electron chi connectivity index (χ4n) is 3.73. The minimum Gasteiger partial charge on any atom is -0.491 e. The van der Waals surface area contributed by atoms with E-state index in [1.165, 1.54) is 5.56 Å². The van der Waals surface area contributed by atoms with E-state index in [2.05, 4.69) is 25.3 Å². The third-order valence-electron chi connectivity index (χ3n) is 5.72. The zero-order valence-corrected chi connectivity index (χ0v) is 21.6.